The molecule has 3 aromatic carbocycles. The Bertz CT molecular complexity index is 1410. The Labute approximate surface area is 186 Å². The third-order valence-corrected chi connectivity index (χ3v) is 7.35. The van der Waals surface area contributed by atoms with Crippen molar-refractivity contribution in [3.8, 4) is 11.5 Å². The highest BCUT2D eigenvalue weighted by molar-refractivity contribution is 7.90. The molecule has 0 saturated carbocycles. The number of guanidine groups is 1. The standard InChI is InChI=1S/C22H21N3O5S2/c1-15-6-3-4-7-18(15)30-19-8-5-9-20-21(19)24-22(25-32(20,28)29)23-14-16-10-12-17(13-11-16)31(2,26)27/h3-13H,14H2,1-2H3,(H2,23,24,25). The summed E-state index contributed by atoms with van der Waals surface area (Å²) in [6.45, 7) is 2.05. The molecule has 1 heterocycles. The highest BCUT2D eigenvalue weighted by atomic mass is 32.2. The Balaban J connectivity index is 1.63. The van der Waals surface area contributed by atoms with Crippen molar-refractivity contribution in [3.05, 3.63) is 77.9 Å². The van der Waals surface area contributed by atoms with Crippen LogP contribution in [0.25, 0.3) is 0 Å². The van der Waals surface area contributed by atoms with E-state index in [1.54, 1.807) is 30.3 Å². The molecule has 1 aliphatic heterocycles. The van der Waals surface area contributed by atoms with Gasteiger partial charge >= 0.3 is 0 Å². The van der Waals surface area contributed by atoms with Crippen molar-refractivity contribution in [2.45, 2.75) is 23.3 Å². The molecule has 0 bridgehead atoms. The van der Waals surface area contributed by atoms with Crippen molar-refractivity contribution in [1.29, 1.82) is 0 Å². The van der Waals surface area contributed by atoms with E-state index >= 15 is 0 Å². The van der Waals surface area contributed by atoms with Crippen LogP contribution in [0.3, 0.4) is 0 Å². The fourth-order valence-corrected chi connectivity index (χ4v) is 4.93. The second-order valence-electron chi connectivity index (χ2n) is 7.31. The van der Waals surface area contributed by atoms with Gasteiger partial charge in [-0.05, 0) is 48.4 Å². The van der Waals surface area contributed by atoms with Crippen LogP contribution in [-0.4, -0.2) is 29.1 Å². The van der Waals surface area contributed by atoms with E-state index in [2.05, 4.69) is 15.0 Å². The number of ether oxygens (including phenoxy) is 1. The van der Waals surface area contributed by atoms with Gasteiger partial charge in [0.15, 0.2) is 15.6 Å². The number of para-hydroxylation sites is 2. The first-order chi connectivity index (χ1) is 15.1. The third-order valence-electron chi connectivity index (χ3n) is 4.84. The molecule has 3 aromatic rings. The number of fused-ring (bicyclic) bond motifs is 1. The molecule has 166 valence electrons. The van der Waals surface area contributed by atoms with E-state index in [-0.39, 0.29) is 22.3 Å². The number of rotatable bonds is 5. The summed E-state index contributed by atoms with van der Waals surface area (Å²) < 4.78 is 57.1. The van der Waals surface area contributed by atoms with Crippen molar-refractivity contribution < 1.29 is 21.6 Å². The first-order valence-corrected chi connectivity index (χ1v) is 13.0. The SMILES string of the molecule is Cc1ccccc1Oc1cccc2c1NC(=NCc1ccc(S(C)(=O)=O)cc1)NS2(=O)=O. The largest absolute Gasteiger partial charge is 0.455 e. The maximum atomic E-state index is 12.8. The van der Waals surface area contributed by atoms with Crippen LogP contribution in [0.2, 0.25) is 0 Å². The zero-order chi connectivity index (χ0) is 22.9. The van der Waals surface area contributed by atoms with E-state index < -0.39 is 19.9 Å². The average Bonchev–Trinajstić information content (AvgIpc) is 2.74. The van der Waals surface area contributed by atoms with Gasteiger partial charge < -0.3 is 10.1 Å². The number of aryl methyl sites for hydroxylation is 1. The van der Waals surface area contributed by atoms with Gasteiger partial charge in [-0.15, -0.1) is 0 Å². The van der Waals surface area contributed by atoms with E-state index in [0.29, 0.717) is 17.2 Å². The fourth-order valence-electron chi connectivity index (χ4n) is 3.14. The van der Waals surface area contributed by atoms with Crippen LogP contribution >= 0.6 is 0 Å². The lowest BCUT2D eigenvalue weighted by Gasteiger charge is -2.24. The average molecular weight is 472 g/mol. The maximum absolute atomic E-state index is 12.8. The summed E-state index contributed by atoms with van der Waals surface area (Å²) >= 11 is 0. The van der Waals surface area contributed by atoms with E-state index in [9.17, 15) is 16.8 Å². The molecule has 0 atom stereocenters. The molecule has 0 unspecified atom stereocenters. The number of aliphatic imine (C=N–C) groups is 1. The Kier molecular flexibility index (Phi) is 5.66. The van der Waals surface area contributed by atoms with E-state index in [1.807, 2.05) is 25.1 Å². The number of sulfonamides is 1. The Hall–Kier alpha value is -3.37. The Morgan fingerprint density at radius 1 is 0.938 bits per heavy atom. The summed E-state index contributed by atoms with van der Waals surface area (Å²) in [5.41, 5.74) is 1.93. The minimum absolute atomic E-state index is 0.0468. The quantitative estimate of drug-likeness (QED) is 0.589. The molecule has 0 aromatic heterocycles. The Morgan fingerprint density at radius 2 is 1.62 bits per heavy atom. The molecular formula is C22H21N3O5S2. The first-order valence-electron chi connectivity index (χ1n) is 9.63. The van der Waals surface area contributed by atoms with Gasteiger partial charge in [-0.3, -0.25) is 0 Å². The minimum atomic E-state index is -3.85. The van der Waals surface area contributed by atoms with Gasteiger partial charge in [-0.25, -0.2) is 26.6 Å². The van der Waals surface area contributed by atoms with Gasteiger partial charge in [-0.2, -0.15) is 0 Å². The number of nitrogens with zero attached hydrogens (tertiary/aromatic N) is 1. The zero-order valence-corrected chi connectivity index (χ0v) is 19.0. The molecule has 0 fully saturated rings. The topological polar surface area (TPSA) is 114 Å². The second kappa shape index (κ2) is 8.29. The van der Waals surface area contributed by atoms with Crippen molar-refractivity contribution in [1.82, 2.24) is 4.72 Å². The van der Waals surface area contributed by atoms with Crippen molar-refractivity contribution in [3.63, 3.8) is 0 Å². The summed E-state index contributed by atoms with van der Waals surface area (Å²) in [5, 5.41) is 3.01. The van der Waals surface area contributed by atoms with Crippen molar-refractivity contribution >= 4 is 31.5 Å². The van der Waals surface area contributed by atoms with Gasteiger partial charge in [0, 0.05) is 6.26 Å². The van der Waals surface area contributed by atoms with Crippen LogP contribution in [0.1, 0.15) is 11.1 Å². The molecule has 0 spiro atoms. The van der Waals surface area contributed by atoms with Crippen LogP contribution in [-0.2, 0) is 26.4 Å². The lowest BCUT2D eigenvalue weighted by Crippen LogP contribution is -2.40. The molecule has 0 aliphatic carbocycles. The smallest absolute Gasteiger partial charge is 0.266 e. The van der Waals surface area contributed by atoms with E-state index in [4.69, 9.17) is 4.74 Å². The predicted molar refractivity (Wildman–Crippen MR) is 122 cm³/mol. The monoisotopic (exact) mass is 471 g/mol. The molecule has 10 heteroatoms. The summed E-state index contributed by atoms with van der Waals surface area (Å²) in [6.07, 6.45) is 1.14. The molecular weight excluding hydrogens is 450 g/mol. The zero-order valence-electron chi connectivity index (χ0n) is 17.4. The van der Waals surface area contributed by atoms with Gasteiger partial charge in [0.2, 0.25) is 5.96 Å². The number of sulfone groups is 1. The van der Waals surface area contributed by atoms with Crippen molar-refractivity contribution in [2.24, 2.45) is 4.99 Å². The van der Waals surface area contributed by atoms with Crippen LogP contribution in [0.5, 0.6) is 11.5 Å². The van der Waals surface area contributed by atoms with Crippen LogP contribution < -0.4 is 14.8 Å². The summed E-state index contributed by atoms with van der Waals surface area (Å²) in [5.74, 6) is 1.01. The van der Waals surface area contributed by atoms with Gasteiger partial charge in [0.25, 0.3) is 10.0 Å². The normalized spacial score (nSPS) is 16.0. The van der Waals surface area contributed by atoms with Crippen LogP contribution in [0.4, 0.5) is 5.69 Å². The highest BCUT2D eigenvalue weighted by Gasteiger charge is 2.29. The fraction of sp³-hybridized carbons (Fsp3) is 0.136. The molecule has 8 nitrogen and oxygen atoms in total. The number of nitrogens with one attached hydrogen (secondary N) is 2. The first kappa shape index (κ1) is 21.8. The van der Waals surface area contributed by atoms with E-state index in [0.717, 1.165) is 17.4 Å². The maximum Gasteiger partial charge on any atom is 0.266 e. The predicted octanol–water partition coefficient (Wildman–Crippen LogP) is 3.45. The second-order valence-corrected chi connectivity index (χ2v) is 11.0. The van der Waals surface area contributed by atoms with Gasteiger partial charge in [-0.1, -0.05) is 36.4 Å². The lowest BCUT2D eigenvalue weighted by molar-refractivity contribution is 0.479. The number of hydrogen-bond donors (Lipinski definition) is 2. The van der Waals surface area contributed by atoms with Crippen LogP contribution in [0.15, 0.2) is 81.5 Å². The summed E-state index contributed by atoms with van der Waals surface area (Å²) in [4.78, 5) is 4.58. The van der Waals surface area contributed by atoms with Crippen molar-refractivity contribution in [2.75, 3.05) is 11.6 Å². The summed E-state index contributed by atoms with van der Waals surface area (Å²) in [6, 6.07) is 18.5. The minimum Gasteiger partial charge on any atom is -0.455 e. The molecule has 4 rings (SSSR count). The third kappa shape index (κ3) is 4.61. The molecule has 0 radical (unpaired) electrons. The summed E-state index contributed by atoms with van der Waals surface area (Å²) in [7, 11) is -7.14. The highest BCUT2D eigenvalue weighted by Crippen LogP contribution is 2.37. The van der Waals surface area contributed by atoms with E-state index in [1.165, 1.54) is 18.2 Å². The molecule has 0 saturated heterocycles. The Morgan fingerprint density at radius 3 is 2.31 bits per heavy atom. The molecule has 32 heavy (non-hydrogen) atoms. The lowest BCUT2D eigenvalue weighted by atomic mass is 10.2. The molecule has 1 aliphatic rings. The van der Waals surface area contributed by atoms with Crippen LogP contribution in [0, 0.1) is 6.92 Å². The molecule has 2 N–H and O–H groups in total. The molecule has 0 amide bonds. The number of benzene rings is 3. The number of anilines is 1. The van der Waals surface area contributed by atoms with Gasteiger partial charge in [0.1, 0.15) is 16.3 Å². The van der Waals surface area contributed by atoms with Gasteiger partial charge in [0.05, 0.1) is 11.4 Å². The number of hydrogen-bond acceptors (Lipinski definition) is 6.